The summed E-state index contributed by atoms with van der Waals surface area (Å²) in [5, 5.41) is 10.1. The van der Waals surface area contributed by atoms with Crippen LogP contribution in [0.2, 0.25) is 0 Å². The summed E-state index contributed by atoms with van der Waals surface area (Å²) < 4.78 is 0. The molecule has 0 bridgehead atoms. The summed E-state index contributed by atoms with van der Waals surface area (Å²) in [7, 11) is 0. The first-order chi connectivity index (χ1) is 9.11. The van der Waals surface area contributed by atoms with Gasteiger partial charge in [0.15, 0.2) is 0 Å². The first-order valence-electron chi connectivity index (χ1n) is 6.71. The normalized spacial score (nSPS) is 10.5. The molecule has 100 valence electrons. The fraction of sp³-hybridized carbons (Fsp3) is 0.294. The van der Waals surface area contributed by atoms with Gasteiger partial charge in [0.1, 0.15) is 5.75 Å². The Kier molecular flexibility index (Phi) is 4.10. The van der Waals surface area contributed by atoms with E-state index in [9.17, 15) is 5.11 Å². The van der Waals surface area contributed by atoms with Crippen LogP contribution in [0.3, 0.4) is 0 Å². The van der Waals surface area contributed by atoms with Crippen molar-refractivity contribution in [2.45, 2.75) is 27.3 Å². The second-order valence-electron chi connectivity index (χ2n) is 4.93. The molecule has 0 fully saturated rings. The highest BCUT2D eigenvalue weighted by atomic mass is 16.3. The molecular weight excluding hydrogens is 234 g/mol. The Morgan fingerprint density at radius 2 is 1.68 bits per heavy atom. The number of nitrogens with zero attached hydrogens (tertiary/aromatic N) is 1. The predicted molar refractivity (Wildman–Crippen MR) is 80.7 cm³/mol. The third-order valence-corrected chi connectivity index (χ3v) is 3.46. The largest absolute Gasteiger partial charge is 0.507 e. The van der Waals surface area contributed by atoms with E-state index in [1.165, 1.54) is 11.3 Å². The van der Waals surface area contributed by atoms with Gasteiger partial charge in [-0.25, -0.2) is 0 Å². The van der Waals surface area contributed by atoms with Crippen molar-refractivity contribution in [1.82, 2.24) is 0 Å². The number of anilines is 1. The maximum Gasteiger partial charge on any atom is 0.123 e. The van der Waals surface area contributed by atoms with Crippen LogP contribution in [-0.2, 0) is 6.54 Å². The number of hydrogen-bond acceptors (Lipinski definition) is 2. The lowest BCUT2D eigenvalue weighted by Crippen LogP contribution is -2.22. The fourth-order valence-corrected chi connectivity index (χ4v) is 2.19. The smallest absolute Gasteiger partial charge is 0.123 e. The summed E-state index contributed by atoms with van der Waals surface area (Å²) in [4.78, 5) is 2.26. The molecule has 0 aliphatic carbocycles. The number of aryl methyl sites for hydroxylation is 2. The van der Waals surface area contributed by atoms with Gasteiger partial charge in [-0.15, -0.1) is 0 Å². The second-order valence-corrected chi connectivity index (χ2v) is 4.93. The molecule has 0 amide bonds. The second kappa shape index (κ2) is 5.79. The van der Waals surface area contributed by atoms with E-state index in [0.29, 0.717) is 5.75 Å². The topological polar surface area (TPSA) is 23.5 Å². The van der Waals surface area contributed by atoms with Crippen molar-refractivity contribution in [3.8, 4) is 5.75 Å². The molecule has 0 unspecified atom stereocenters. The molecule has 2 rings (SSSR count). The van der Waals surface area contributed by atoms with Crippen molar-refractivity contribution < 1.29 is 5.11 Å². The standard InChI is InChI=1S/C17H21NO/c1-4-18(16-10-8-13(2)9-11-16)12-15-7-5-6-14(3)17(15)19/h5-11,19H,4,12H2,1-3H3. The van der Waals surface area contributed by atoms with E-state index in [0.717, 1.165) is 24.2 Å². The predicted octanol–water partition coefficient (Wildman–Crippen LogP) is 4.04. The van der Waals surface area contributed by atoms with Gasteiger partial charge < -0.3 is 10.0 Å². The van der Waals surface area contributed by atoms with Gasteiger partial charge in [-0.1, -0.05) is 35.9 Å². The minimum Gasteiger partial charge on any atom is -0.507 e. The van der Waals surface area contributed by atoms with E-state index in [-0.39, 0.29) is 0 Å². The van der Waals surface area contributed by atoms with Crippen molar-refractivity contribution in [2.75, 3.05) is 11.4 Å². The Balaban J connectivity index is 2.24. The van der Waals surface area contributed by atoms with Crippen LogP contribution >= 0.6 is 0 Å². The molecule has 2 nitrogen and oxygen atoms in total. The fourth-order valence-electron chi connectivity index (χ4n) is 2.19. The summed E-state index contributed by atoms with van der Waals surface area (Å²) >= 11 is 0. The van der Waals surface area contributed by atoms with Crippen molar-refractivity contribution in [2.24, 2.45) is 0 Å². The van der Waals surface area contributed by atoms with Crippen molar-refractivity contribution in [3.05, 3.63) is 59.2 Å². The highest BCUT2D eigenvalue weighted by Crippen LogP contribution is 2.25. The number of hydrogen-bond donors (Lipinski definition) is 1. The Morgan fingerprint density at radius 1 is 1.00 bits per heavy atom. The lowest BCUT2D eigenvalue weighted by molar-refractivity contribution is 0.463. The van der Waals surface area contributed by atoms with E-state index in [4.69, 9.17) is 0 Å². The molecule has 1 N–H and O–H groups in total. The molecule has 0 aromatic heterocycles. The summed E-state index contributed by atoms with van der Waals surface area (Å²) in [5.74, 6) is 0.410. The van der Waals surface area contributed by atoms with Crippen LogP contribution in [-0.4, -0.2) is 11.7 Å². The SMILES string of the molecule is CCN(Cc1cccc(C)c1O)c1ccc(C)cc1. The van der Waals surface area contributed by atoms with Crippen LogP contribution < -0.4 is 4.90 Å². The van der Waals surface area contributed by atoms with Crippen molar-refractivity contribution in [1.29, 1.82) is 0 Å². The average molecular weight is 255 g/mol. The van der Waals surface area contributed by atoms with Gasteiger partial charge in [0.25, 0.3) is 0 Å². The lowest BCUT2D eigenvalue weighted by atomic mass is 10.1. The van der Waals surface area contributed by atoms with Crippen LogP contribution in [0.15, 0.2) is 42.5 Å². The van der Waals surface area contributed by atoms with Gasteiger partial charge in [-0.05, 0) is 38.5 Å². The summed E-state index contributed by atoms with van der Waals surface area (Å²) in [6, 6.07) is 14.4. The van der Waals surface area contributed by atoms with E-state index in [1.54, 1.807) is 0 Å². The number of aromatic hydroxyl groups is 1. The van der Waals surface area contributed by atoms with Gasteiger partial charge >= 0.3 is 0 Å². The maximum atomic E-state index is 10.1. The van der Waals surface area contributed by atoms with Crippen molar-refractivity contribution in [3.63, 3.8) is 0 Å². The lowest BCUT2D eigenvalue weighted by Gasteiger charge is -2.24. The molecular formula is C17H21NO. The Labute approximate surface area is 115 Å². The third kappa shape index (κ3) is 3.08. The van der Waals surface area contributed by atoms with E-state index < -0.39 is 0 Å². The Hall–Kier alpha value is -1.96. The quantitative estimate of drug-likeness (QED) is 0.891. The minimum absolute atomic E-state index is 0.410. The number of benzene rings is 2. The van der Waals surface area contributed by atoms with Crippen LogP contribution in [0.25, 0.3) is 0 Å². The molecule has 0 saturated heterocycles. The highest BCUT2D eigenvalue weighted by molar-refractivity contribution is 5.50. The zero-order chi connectivity index (χ0) is 13.8. The van der Waals surface area contributed by atoms with Gasteiger partial charge in [-0.2, -0.15) is 0 Å². The summed E-state index contributed by atoms with van der Waals surface area (Å²) in [6.07, 6.45) is 0. The molecule has 0 spiro atoms. The van der Waals surface area contributed by atoms with E-state index >= 15 is 0 Å². The molecule has 0 atom stereocenters. The van der Waals surface area contributed by atoms with Crippen LogP contribution in [0, 0.1) is 13.8 Å². The third-order valence-electron chi connectivity index (χ3n) is 3.46. The molecule has 0 aliphatic rings. The van der Waals surface area contributed by atoms with Gasteiger partial charge in [0.2, 0.25) is 0 Å². The highest BCUT2D eigenvalue weighted by Gasteiger charge is 2.09. The Morgan fingerprint density at radius 3 is 2.32 bits per heavy atom. The first-order valence-corrected chi connectivity index (χ1v) is 6.71. The minimum atomic E-state index is 0.410. The molecule has 19 heavy (non-hydrogen) atoms. The maximum absolute atomic E-state index is 10.1. The molecule has 2 heteroatoms. The summed E-state index contributed by atoms with van der Waals surface area (Å²) in [5.41, 5.74) is 4.35. The van der Waals surface area contributed by atoms with Crippen LogP contribution in [0.1, 0.15) is 23.6 Å². The van der Waals surface area contributed by atoms with E-state index in [1.807, 2.05) is 25.1 Å². The van der Waals surface area contributed by atoms with Gasteiger partial charge in [-0.3, -0.25) is 0 Å². The Bertz CT molecular complexity index is 546. The molecule has 2 aromatic carbocycles. The summed E-state index contributed by atoms with van der Waals surface area (Å²) in [6.45, 7) is 7.80. The molecule has 0 aliphatic heterocycles. The molecule has 0 saturated carbocycles. The van der Waals surface area contributed by atoms with Crippen molar-refractivity contribution >= 4 is 5.69 Å². The number of para-hydroxylation sites is 1. The average Bonchev–Trinajstić information content (AvgIpc) is 2.42. The molecule has 0 heterocycles. The van der Waals surface area contributed by atoms with Gasteiger partial charge in [0, 0.05) is 24.3 Å². The number of phenols is 1. The molecule has 2 aromatic rings. The monoisotopic (exact) mass is 255 g/mol. The van der Waals surface area contributed by atoms with E-state index in [2.05, 4.69) is 43.0 Å². The number of rotatable bonds is 4. The number of phenolic OH excluding ortho intramolecular Hbond substituents is 1. The zero-order valence-corrected chi connectivity index (χ0v) is 11.9. The van der Waals surface area contributed by atoms with Gasteiger partial charge in [0.05, 0.1) is 0 Å². The van der Waals surface area contributed by atoms with Crippen LogP contribution in [0.5, 0.6) is 5.75 Å². The first kappa shape index (κ1) is 13.5. The molecule has 0 radical (unpaired) electrons. The zero-order valence-electron chi connectivity index (χ0n) is 11.9. The van der Waals surface area contributed by atoms with Crippen LogP contribution in [0.4, 0.5) is 5.69 Å².